The molecule has 0 heterocycles. The predicted octanol–water partition coefficient (Wildman–Crippen LogP) is 3.18. The second-order valence-electron chi connectivity index (χ2n) is 2.75. The number of hydrogen-bond donors (Lipinski definition) is 1. The van der Waals surface area contributed by atoms with Crippen LogP contribution in [-0.4, -0.2) is 13.2 Å². The minimum atomic E-state index is -0.427. The van der Waals surface area contributed by atoms with Crippen LogP contribution in [0.3, 0.4) is 0 Å². The van der Waals surface area contributed by atoms with Gasteiger partial charge in [-0.3, -0.25) is 0 Å². The molecule has 15 heavy (non-hydrogen) atoms. The Kier molecular flexibility index (Phi) is 4.88. The van der Waals surface area contributed by atoms with Crippen LogP contribution in [0.15, 0.2) is 30.1 Å². The Hall–Kier alpha value is -0.770. The summed E-state index contributed by atoms with van der Waals surface area (Å²) in [6.45, 7) is -0.0396. The zero-order valence-electron chi connectivity index (χ0n) is 7.84. The number of ether oxygens (including phenoxy) is 1. The molecule has 82 valence electrons. The fourth-order valence-electron chi connectivity index (χ4n) is 0.926. The van der Waals surface area contributed by atoms with Gasteiger partial charge in [0, 0.05) is 11.6 Å². The largest absolute Gasteiger partial charge is 0.485 e. The maximum absolute atomic E-state index is 12.9. The summed E-state index contributed by atoms with van der Waals surface area (Å²) in [5.41, 5.74) is 5.13. The molecule has 1 rings (SSSR count). The zero-order chi connectivity index (χ0) is 11.3. The van der Waals surface area contributed by atoms with Gasteiger partial charge < -0.3 is 10.5 Å². The number of nitrogens with two attached hydrogens (primary N) is 1. The molecule has 1 aromatic rings. The summed E-state index contributed by atoms with van der Waals surface area (Å²) in [5.74, 6) is -0.0369. The van der Waals surface area contributed by atoms with E-state index in [0.29, 0.717) is 15.8 Å². The fourth-order valence-corrected chi connectivity index (χ4v) is 1.39. The quantitative estimate of drug-likeness (QED) is 0.890. The van der Waals surface area contributed by atoms with Crippen LogP contribution in [0.2, 0.25) is 10.0 Å². The number of halogens is 3. The van der Waals surface area contributed by atoms with Crippen molar-refractivity contribution in [3.63, 3.8) is 0 Å². The van der Waals surface area contributed by atoms with Crippen molar-refractivity contribution in [2.45, 2.75) is 0 Å². The topological polar surface area (TPSA) is 35.2 Å². The number of benzene rings is 1. The van der Waals surface area contributed by atoms with E-state index in [9.17, 15) is 4.39 Å². The van der Waals surface area contributed by atoms with E-state index in [-0.39, 0.29) is 13.2 Å². The third kappa shape index (κ3) is 4.08. The van der Waals surface area contributed by atoms with Crippen LogP contribution in [0.25, 0.3) is 0 Å². The lowest BCUT2D eigenvalue weighted by Gasteiger charge is -2.06. The molecule has 0 aliphatic rings. The summed E-state index contributed by atoms with van der Waals surface area (Å²) in [6.07, 6.45) is 1.24. The van der Waals surface area contributed by atoms with Crippen LogP contribution in [0, 0.1) is 0 Å². The number of hydrogen-bond acceptors (Lipinski definition) is 2. The van der Waals surface area contributed by atoms with E-state index in [1.807, 2.05) is 0 Å². The second-order valence-corrected chi connectivity index (χ2v) is 3.59. The third-order valence-corrected chi connectivity index (χ3v) is 2.13. The van der Waals surface area contributed by atoms with Gasteiger partial charge in [0.25, 0.3) is 0 Å². The molecule has 0 saturated carbocycles. The zero-order valence-corrected chi connectivity index (χ0v) is 9.35. The van der Waals surface area contributed by atoms with Crippen molar-refractivity contribution >= 4 is 23.2 Å². The van der Waals surface area contributed by atoms with Gasteiger partial charge in [-0.15, -0.1) is 0 Å². The van der Waals surface area contributed by atoms with Crippen LogP contribution in [0.1, 0.15) is 0 Å². The Balaban J connectivity index is 2.62. The molecule has 0 radical (unpaired) electrons. The molecular formula is C10H10Cl2FNO. The van der Waals surface area contributed by atoms with Gasteiger partial charge in [-0.1, -0.05) is 23.2 Å². The summed E-state index contributed by atoms with van der Waals surface area (Å²) < 4.78 is 18.0. The van der Waals surface area contributed by atoms with E-state index in [2.05, 4.69) is 0 Å². The van der Waals surface area contributed by atoms with Crippen LogP contribution < -0.4 is 10.5 Å². The first-order valence-corrected chi connectivity index (χ1v) is 5.01. The van der Waals surface area contributed by atoms with Gasteiger partial charge in [-0.25, -0.2) is 4.39 Å². The molecule has 0 atom stereocenters. The van der Waals surface area contributed by atoms with Crippen molar-refractivity contribution in [1.82, 2.24) is 0 Å². The van der Waals surface area contributed by atoms with Gasteiger partial charge in [0.15, 0.2) is 0 Å². The van der Waals surface area contributed by atoms with E-state index in [1.54, 1.807) is 12.1 Å². The molecule has 0 amide bonds. The van der Waals surface area contributed by atoms with Crippen LogP contribution in [-0.2, 0) is 0 Å². The van der Waals surface area contributed by atoms with Gasteiger partial charge >= 0.3 is 0 Å². The van der Waals surface area contributed by atoms with Crippen molar-refractivity contribution < 1.29 is 9.13 Å². The Morgan fingerprint density at radius 3 is 2.80 bits per heavy atom. The summed E-state index contributed by atoms with van der Waals surface area (Å²) in [6, 6.07) is 4.73. The molecule has 0 bridgehead atoms. The molecule has 2 nitrogen and oxygen atoms in total. The molecule has 0 spiro atoms. The molecule has 0 saturated heterocycles. The van der Waals surface area contributed by atoms with Crippen LogP contribution >= 0.6 is 23.2 Å². The Labute approximate surface area is 97.4 Å². The Bertz CT molecular complexity index is 368. The fraction of sp³-hybridized carbons (Fsp3) is 0.200. The van der Waals surface area contributed by atoms with Crippen LogP contribution in [0.4, 0.5) is 4.39 Å². The van der Waals surface area contributed by atoms with E-state index in [0.717, 1.165) is 0 Å². The second kappa shape index (κ2) is 5.95. The first-order chi connectivity index (χ1) is 7.13. The molecule has 1 aromatic carbocycles. The van der Waals surface area contributed by atoms with Crippen molar-refractivity contribution in [2.24, 2.45) is 5.73 Å². The van der Waals surface area contributed by atoms with E-state index in [1.165, 1.54) is 12.1 Å². The highest BCUT2D eigenvalue weighted by molar-refractivity contribution is 6.35. The van der Waals surface area contributed by atoms with Crippen molar-refractivity contribution in [1.29, 1.82) is 0 Å². The van der Waals surface area contributed by atoms with E-state index >= 15 is 0 Å². The first-order valence-electron chi connectivity index (χ1n) is 4.26. The van der Waals surface area contributed by atoms with Crippen molar-refractivity contribution in [3.05, 3.63) is 40.1 Å². The molecule has 0 aliphatic carbocycles. The monoisotopic (exact) mass is 249 g/mol. The third-order valence-electron chi connectivity index (χ3n) is 1.60. The SMILES string of the molecule is NCC=C(F)COc1ccc(Cl)cc1Cl. The summed E-state index contributed by atoms with van der Waals surface area (Å²) in [4.78, 5) is 0. The molecule has 0 unspecified atom stereocenters. The Morgan fingerprint density at radius 2 is 2.20 bits per heavy atom. The minimum Gasteiger partial charge on any atom is -0.485 e. The lowest BCUT2D eigenvalue weighted by molar-refractivity contribution is 0.318. The highest BCUT2D eigenvalue weighted by atomic mass is 35.5. The molecule has 5 heteroatoms. The maximum Gasteiger partial charge on any atom is 0.139 e. The van der Waals surface area contributed by atoms with Gasteiger partial charge in [0.2, 0.25) is 0 Å². The smallest absolute Gasteiger partial charge is 0.139 e. The Morgan fingerprint density at radius 1 is 1.47 bits per heavy atom. The summed E-state index contributed by atoms with van der Waals surface area (Å²) in [5, 5.41) is 0.855. The lowest BCUT2D eigenvalue weighted by atomic mass is 10.3. The molecule has 0 aliphatic heterocycles. The lowest BCUT2D eigenvalue weighted by Crippen LogP contribution is -2.01. The first kappa shape index (κ1) is 12.3. The maximum atomic E-state index is 12.9. The number of rotatable bonds is 4. The minimum absolute atomic E-state index is 0.142. The van der Waals surface area contributed by atoms with Crippen molar-refractivity contribution in [2.75, 3.05) is 13.2 Å². The molecule has 0 fully saturated rings. The average molecular weight is 250 g/mol. The molecular weight excluding hydrogens is 240 g/mol. The highest BCUT2D eigenvalue weighted by Gasteiger charge is 2.03. The summed E-state index contributed by atoms with van der Waals surface area (Å²) in [7, 11) is 0. The van der Waals surface area contributed by atoms with E-state index < -0.39 is 5.83 Å². The van der Waals surface area contributed by atoms with E-state index in [4.69, 9.17) is 33.7 Å². The van der Waals surface area contributed by atoms with Gasteiger partial charge in [0.05, 0.1) is 5.02 Å². The normalized spacial score (nSPS) is 11.6. The molecule has 2 N–H and O–H groups in total. The average Bonchev–Trinajstić information content (AvgIpc) is 2.17. The molecule has 0 aromatic heterocycles. The van der Waals surface area contributed by atoms with Crippen LogP contribution in [0.5, 0.6) is 5.75 Å². The van der Waals surface area contributed by atoms with Gasteiger partial charge in [-0.2, -0.15) is 0 Å². The standard InChI is InChI=1S/C10H10Cl2FNO/c11-7-1-2-10(9(12)5-7)15-6-8(13)3-4-14/h1-3,5H,4,6,14H2. The van der Waals surface area contributed by atoms with Crippen molar-refractivity contribution in [3.8, 4) is 5.75 Å². The van der Waals surface area contributed by atoms with Gasteiger partial charge in [0.1, 0.15) is 18.2 Å². The summed E-state index contributed by atoms with van der Waals surface area (Å²) >= 11 is 11.5. The van der Waals surface area contributed by atoms with Gasteiger partial charge in [-0.05, 0) is 24.3 Å². The highest BCUT2D eigenvalue weighted by Crippen LogP contribution is 2.27. The predicted molar refractivity (Wildman–Crippen MR) is 60.2 cm³/mol.